The number of aliphatic carboxylic acids is 1. The van der Waals surface area contributed by atoms with Crippen LogP contribution in [0.3, 0.4) is 0 Å². The van der Waals surface area contributed by atoms with E-state index in [9.17, 15) is 14.7 Å². The molecular weight excluding hydrogens is 274 g/mol. The maximum absolute atomic E-state index is 12.5. The maximum Gasteiger partial charge on any atom is 0.326 e. The van der Waals surface area contributed by atoms with Gasteiger partial charge in [-0.2, -0.15) is 11.8 Å². The summed E-state index contributed by atoms with van der Waals surface area (Å²) >= 11 is 1.70. The topological polar surface area (TPSA) is 57.6 Å². The molecule has 1 saturated heterocycles. The molecule has 0 spiro atoms. The fraction of sp³-hybridized carbons (Fsp3) is 0.467. The number of benzene rings is 1. The number of carboxylic acids is 1. The van der Waals surface area contributed by atoms with Crippen molar-refractivity contribution in [2.45, 2.75) is 31.1 Å². The molecule has 0 aromatic heterocycles. The molecule has 0 radical (unpaired) electrons. The molecule has 1 atom stereocenters. The number of carbonyl (C=O) groups is 2. The molecule has 1 amide bonds. The van der Waals surface area contributed by atoms with Gasteiger partial charge in [0.1, 0.15) is 6.04 Å². The summed E-state index contributed by atoms with van der Waals surface area (Å²) in [5.41, 5.74) is 1.68. The molecule has 0 aliphatic carbocycles. The van der Waals surface area contributed by atoms with Crippen molar-refractivity contribution in [3.63, 3.8) is 0 Å². The zero-order valence-corrected chi connectivity index (χ0v) is 12.4. The van der Waals surface area contributed by atoms with Crippen molar-refractivity contribution < 1.29 is 14.7 Å². The summed E-state index contributed by atoms with van der Waals surface area (Å²) in [6.45, 7) is 0.530. The van der Waals surface area contributed by atoms with Gasteiger partial charge in [0, 0.05) is 17.9 Å². The third-order valence-corrected chi connectivity index (χ3v) is 4.16. The van der Waals surface area contributed by atoms with E-state index in [1.54, 1.807) is 17.8 Å². The van der Waals surface area contributed by atoms with E-state index >= 15 is 0 Å². The molecule has 2 rings (SSSR count). The average molecular weight is 293 g/mol. The van der Waals surface area contributed by atoms with Crippen molar-refractivity contribution in [2.75, 3.05) is 12.8 Å². The van der Waals surface area contributed by atoms with Crippen molar-refractivity contribution >= 4 is 23.6 Å². The number of piperidine rings is 1. The van der Waals surface area contributed by atoms with Gasteiger partial charge in [-0.25, -0.2) is 4.79 Å². The Morgan fingerprint density at radius 2 is 2.20 bits per heavy atom. The average Bonchev–Trinajstić information content (AvgIpc) is 2.47. The molecule has 5 heteroatoms. The number of thioether (sulfide) groups is 1. The van der Waals surface area contributed by atoms with Crippen molar-refractivity contribution in [3.05, 3.63) is 35.4 Å². The molecule has 4 nitrogen and oxygen atoms in total. The third-order valence-electron chi connectivity index (χ3n) is 3.53. The number of hydrogen-bond acceptors (Lipinski definition) is 3. The van der Waals surface area contributed by atoms with Gasteiger partial charge in [-0.15, -0.1) is 0 Å². The van der Waals surface area contributed by atoms with Crippen LogP contribution in [0.15, 0.2) is 24.3 Å². The molecule has 1 aromatic rings. The summed E-state index contributed by atoms with van der Waals surface area (Å²) in [7, 11) is 0. The standard InChI is InChI=1S/C15H19NO3S/c1-20-10-11-5-4-6-12(9-11)14(17)16-8-3-2-7-13(16)15(18)19/h4-6,9,13H,2-3,7-8,10H2,1H3,(H,18,19)/t13-/m0/s1. The van der Waals surface area contributed by atoms with Crippen LogP contribution in [0.2, 0.25) is 0 Å². The molecule has 0 bridgehead atoms. The van der Waals surface area contributed by atoms with E-state index in [4.69, 9.17) is 0 Å². The van der Waals surface area contributed by atoms with Gasteiger partial charge >= 0.3 is 5.97 Å². The largest absolute Gasteiger partial charge is 0.480 e. The number of nitrogens with zero attached hydrogens (tertiary/aromatic N) is 1. The molecule has 1 fully saturated rings. The lowest BCUT2D eigenvalue weighted by atomic mass is 10.0. The smallest absolute Gasteiger partial charge is 0.326 e. The number of hydrogen-bond donors (Lipinski definition) is 1. The van der Waals surface area contributed by atoms with E-state index in [-0.39, 0.29) is 5.91 Å². The quantitative estimate of drug-likeness (QED) is 0.927. The van der Waals surface area contributed by atoms with Crippen LogP contribution in [0.5, 0.6) is 0 Å². The van der Waals surface area contributed by atoms with E-state index in [1.807, 2.05) is 24.5 Å². The second kappa shape index (κ2) is 6.79. The first-order chi connectivity index (χ1) is 9.63. The van der Waals surface area contributed by atoms with Gasteiger partial charge in [-0.3, -0.25) is 4.79 Å². The highest BCUT2D eigenvalue weighted by Crippen LogP contribution is 2.21. The van der Waals surface area contributed by atoms with Gasteiger partial charge in [0.15, 0.2) is 0 Å². The number of carboxylic acid groups (broad SMARTS) is 1. The van der Waals surface area contributed by atoms with E-state index in [2.05, 4.69) is 0 Å². The number of carbonyl (C=O) groups excluding carboxylic acids is 1. The molecular formula is C15H19NO3S. The Labute approximate surface area is 123 Å². The summed E-state index contributed by atoms with van der Waals surface area (Å²) < 4.78 is 0. The lowest BCUT2D eigenvalue weighted by molar-refractivity contribution is -0.143. The monoisotopic (exact) mass is 293 g/mol. The number of rotatable bonds is 4. The SMILES string of the molecule is CSCc1cccc(C(=O)N2CCCC[C@H]2C(=O)O)c1. The summed E-state index contributed by atoms with van der Waals surface area (Å²) in [4.78, 5) is 25.3. The van der Waals surface area contributed by atoms with Crippen LogP contribution in [0.4, 0.5) is 0 Å². The van der Waals surface area contributed by atoms with Crippen LogP contribution in [0.1, 0.15) is 35.2 Å². The zero-order valence-electron chi connectivity index (χ0n) is 11.5. The highest BCUT2D eigenvalue weighted by Gasteiger charge is 2.32. The van der Waals surface area contributed by atoms with Gasteiger partial charge in [0.25, 0.3) is 5.91 Å². The number of likely N-dealkylation sites (tertiary alicyclic amines) is 1. The van der Waals surface area contributed by atoms with Crippen LogP contribution >= 0.6 is 11.8 Å². The Kier molecular flexibility index (Phi) is 5.06. The van der Waals surface area contributed by atoms with Crippen LogP contribution in [-0.2, 0) is 10.5 Å². The second-order valence-corrected chi connectivity index (χ2v) is 5.85. The molecule has 0 unspecified atom stereocenters. The first kappa shape index (κ1) is 14.9. The van der Waals surface area contributed by atoms with Gasteiger partial charge in [0.05, 0.1) is 0 Å². The van der Waals surface area contributed by atoms with E-state index in [1.165, 1.54) is 4.90 Å². The van der Waals surface area contributed by atoms with Crippen molar-refractivity contribution in [1.82, 2.24) is 4.90 Å². The molecule has 1 aromatic carbocycles. The zero-order chi connectivity index (χ0) is 14.5. The Hall–Kier alpha value is -1.49. The predicted molar refractivity (Wildman–Crippen MR) is 80.0 cm³/mol. The van der Waals surface area contributed by atoms with Crippen LogP contribution < -0.4 is 0 Å². The lowest BCUT2D eigenvalue weighted by Gasteiger charge is -2.33. The molecule has 1 aliphatic heterocycles. The van der Waals surface area contributed by atoms with Gasteiger partial charge in [-0.1, -0.05) is 12.1 Å². The minimum Gasteiger partial charge on any atom is -0.480 e. The van der Waals surface area contributed by atoms with E-state index in [0.29, 0.717) is 18.5 Å². The van der Waals surface area contributed by atoms with Crippen molar-refractivity contribution in [1.29, 1.82) is 0 Å². The second-order valence-electron chi connectivity index (χ2n) is 4.98. The van der Waals surface area contributed by atoms with E-state index in [0.717, 1.165) is 24.2 Å². The highest BCUT2D eigenvalue weighted by atomic mass is 32.2. The Bertz CT molecular complexity index is 504. The van der Waals surface area contributed by atoms with Gasteiger partial charge in [0.2, 0.25) is 0 Å². The normalized spacial score (nSPS) is 18.9. The lowest BCUT2D eigenvalue weighted by Crippen LogP contribution is -2.48. The fourth-order valence-electron chi connectivity index (χ4n) is 2.56. The molecule has 1 heterocycles. The third kappa shape index (κ3) is 3.33. The summed E-state index contributed by atoms with van der Waals surface area (Å²) in [6.07, 6.45) is 4.30. The summed E-state index contributed by atoms with van der Waals surface area (Å²) in [5, 5.41) is 9.25. The first-order valence-electron chi connectivity index (χ1n) is 6.75. The minimum atomic E-state index is -0.904. The van der Waals surface area contributed by atoms with Crippen LogP contribution in [0.25, 0.3) is 0 Å². The molecule has 0 saturated carbocycles. The predicted octanol–water partition coefficient (Wildman–Crippen LogP) is 2.63. The minimum absolute atomic E-state index is 0.167. The van der Waals surface area contributed by atoms with Crippen molar-refractivity contribution in [3.8, 4) is 0 Å². The molecule has 108 valence electrons. The van der Waals surface area contributed by atoms with Gasteiger partial charge < -0.3 is 10.0 Å². The van der Waals surface area contributed by atoms with E-state index < -0.39 is 12.0 Å². The van der Waals surface area contributed by atoms with Crippen molar-refractivity contribution in [2.24, 2.45) is 0 Å². The Morgan fingerprint density at radius 3 is 2.90 bits per heavy atom. The molecule has 20 heavy (non-hydrogen) atoms. The van der Waals surface area contributed by atoms with Crippen LogP contribution in [-0.4, -0.2) is 40.7 Å². The summed E-state index contributed by atoms with van der Waals surface area (Å²) in [5.74, 6) is -0.220. The van der Waals surface area contributed by atoms with Crippen LogP contribution in [0, 0.1) is 0 Å². The first-order valence-corrected chi connectivity index (χ1v) is 8.14. The molecule has 1 aliphatic rings. The number of amides is 1. The summed E-state index contributed by atoms with van der Waals surface area (Å²) in [6, 6.07) is 6.79. The maximum atomic E-state index is 12.5. The molecule has 1 N–H and O–H groups in total. The Morgan fingerprint density at radius 1 is 1.40 bits per heavy atom. The Balaban J connectivity index is 2.20. The fourth-order valence-corrected chi connectivity index (χ4v) is 3.07. The highest BCUT2D eigenvalue weighted by molar-refractivity contribution is 7.97. The van der Waals surface area contributed by atoms with Gasteiger partial charge in [-0.05, 0) is 43.2 Å².